The van der Waals surface area contributed by atoms with Crippen molar-refractivity contribution in [3.8, 4) is 12.3 Å². The molecule has 1 rings (SSSR count). The normalized spacial score (nSPS) is 12.6. The summed E-state index contributed by atoms with van der Waals surface area (Å²) in [5.41, 5.74) is 1.05. The molecular weight excluding hydrogens is 286 g/mol. The van der Waals surface area contributed by atoms with Crippen molar-refractivity contribution in [2.24, 2.45) is 0 Å². The standard InChI is InChI=1S/C16H22BrN/c1-7-16(5,6)18(15(2,3)4)12-13-8-10-14(17)11-9-13/h1,8-11H,12H2,2-6H3. The quantitative estimate of drug-likeness (QED) is 0.745. The van der Waals surface area contributed by atoms with Crippen molar-refractivity contribution < 1.29 is 0 Å². The molecule has 0 saturated carbocycles. The zero-order chi connectivity index (χ0) is 14.0. The Balaban J connectivity index is 3.01. The van der Waals surface area contributed by atoms with E-state index in [-0.39, 0.29) is 11.1 Å². The molecule has 0 amide bonds. The number of nitrogens with zero attached hydrogens (tertiary/aromatic N) is 1. The molecule has 1 aromatic carbocycles. The van der Waals surface area contributed by atoms with E-state index in [4.69, 9.17) is 6.42 Å². The first-order valence-electron chi connectivity index (χ1n) is 6.17. The lowest BCUT2D eigenvalue weighted by Crippen LogP contribution is -2.52. The van der Waals surface area contributed by atoms with Crippen molar-refractivity contribution in [2.75, 3.05) is 0 Å². The van der Waals surface area contributed by atoms with E-state index >= 15 is 0 Å². The second-order valence-corrected chi connectivity index (χ2v) is 7.00. The number of rotatable bonds is 3. The van der Waals surface area contributed by atoms with Crippen LogP contribution >= 0.6 is 15.9 Å². The maximum absolute atomic E-state index is 5.68. The van der Waals surface area contributed by atoms with Crippen LogP contribution in [0.3, 0.4) is 0 Å². The second kappa shape index (κ2) is 5.47. The summed E-state index contributed by atoms with van der Waals surface area (Å²) in [7, 11) is 0. The van der Waals surface area contributed by atoms with Gasteiger partial charge >= 0.3 is 0 Å². The first-order valence-corrected chi connectivity index (χ1v) is 6.96. The summed E-state index contributed by atoms with van der Waals surface area (Å²) < 4.78 is 1.10. The number of benzene rings is 1. The highest BCUT2D eigenvalue weighted by Crippen LogP contribution is 2.27. The number of hydrogen-bond acceptors (Lipinski definition) is 1. The summed E-state index contributed by atoms with van der Waals surface area (Å²) in [5, 5.41) is 0. The van der Waals surface area contributed by atoms with Gasteiger partial charge in [-0.2, -0.15) is 0 Å². The lowest BCUT2D eigenvalue weighted by Gasteiger charge is -2.44. The van der Waals surface area contributed by atoms with Crippen molar-refractivity contribution in [3.05, 3.63) is 34.3 Å². The van der Waals surface area contributed by atoms with Gasteiger partial charge in [0.15, 0.2) is 0 Å². The molecule has 0 saturated heterocycles. The zero-order valence-electron chi connectivity index (χ0n) is 11.9. The van der Waals surface area contributed by atoms with Gasteiger partial charge in [0.1, 0.15) is 0 Å². The Morgan fingerprint density at radius 3 is 2.00 bits per heavy atom. The van der Waals surface area contributed by atoms with Crippen LogP contribution < -0.4 is 0 Å². The first-order chi connectivity index (χ1) is 8.16. The third kappa shape index (κ3) is 3.86. The predicted molar refractivity (Wildman–Crippen MR) is 82.4 cm³/mol. The fourth-order valence-corrected chi connectivity index (χ4v) is 2.39. The van der Waals surface area contributed by atoms with Gasteiger partial charge in [0.05, 0.1) is 5.54 Å². The Morgan fingerprint density at radius 1 is 1.11 bits per heavy atom. The van der Waals surface area contributed by atoms with Crippen molar-refractivity contribution in [1.82, 2.24) is 4.90 Å². The summed E-state index contributed by atoms with van der Waals surface area (Å²) >= 11 is 3.46. The Bertz CT molecular complexity index is 432. The van der Waals surface area contributed by atoms with E-state index in [1.165, 1.54) is 5.56 Å². The predicted octanol–water partition coefficient (Wildman–Crippen LogP) is 4.46. The minimum Gasteiger partial charge on any atom is -0.279 e. The minimum atomic E-state index is -0.259. The van der Waals surface area contributed by atoms with E-state index in [1.54, 1.807) is 0 Å². The smallest absolute Gasteiger partial charge is 0.0773 e. The van der Waals surface area contributed by atoms with Gasteiger partial charge in [-0.3, -0.25) is 4.90 Å². The molecule has 1 nitrogen and oxygen atoms in total. The van der Waals surface area contributed by atoms with Gasteiger partial charge in [-0.15, -0.1) is 6.42 Å². The molecule has 18 heavy (non-hydrogen) atoms. The lowest BCUT2D eigenvalue weighted by atomic mass is 9.94. The molecule has 0 heterocycles. The first kappa shape index (κ1) is 15.3. The topological polar surface area (TPSA) is 3.24 Å². The monoisotopic (exact) mass is 307 g/mol. The molecule has 0 aromatic heterocycles. The van der Waals surface area contributed by atoms with Gasteiger partial charge in [-0.1, -0.05) is 34.0 Å². The molecule has 1 aromatic rings. The zero-order valence-corrected chi connectivity index (χ0v) is 13.5. The van der Waals surface area contributed by atoms with E-state index < -0.39 is 0 Å². The van der Waals surface area contributed by atoms with E-state index in [0.717, 1.165) is 11.0 Å². The molecule has 2 heteroatoms. The Kier molecular flexibility index (Phi) is 4.64. The SMILES string of the molecule is C#CC(C)(C)N(Cc1ccc(Br)cc1)C(C)(C)C. The third-order valence-corrected chi connectivity index (χ3v) is 3.62. The van der Waals surface area contributed by atoms with E-state index in [1.807, 2.05) is 0 Å². The molecule has 0 spiro atoms. The van der Waals surface area contributed by atoms with Crippen LogP contribution in [0.25, 0.3) is 0 Å². The molecular formula is C16H22BrN. The van der Waals surface area contributed by atoms with Crippen molar-refractivity contribution in [3.63, 3.8) is 0 Å². The highest BCUT2D eigenvalue weighted by molar-refractivity contribution is 9.10. The van der Waals surface area contributed by atoms with Crippen LogP contribution in [-0.2, 0) is 6.54 Å². The Morgan fingerprint density at radius 2 is 1.61 bits per heavy atom. The molecule has 0 radical (unpaired) electrons. The Labute approximate surface area is 120 Å². The van der Waals surface area contributed by atoms with E-state index in [2.05, 4.69) is 85.6 Å². The molecule has 0 aliphatic carbocycles. The molecule has 0 aliphatic rings. The van der Waals surface area contributed by atoms with Crippen molar-refractivity contribution >= 4 is 15.9 Å². The van der Waals surface area contributed by atoms with Gasteiger partial charge in [0.25, 0.3) is 0 Å². The lowest BCUT2D eigenvalue weighted by molar-refractivity contribution is 0.0528. The maximum atomic E-state index is 5.68. The fraction of sp³-hybridized carbons (Fsp3) is 0.500. The molecule has 0 bridgehead atoms. The van der Waals surface area contributed by atoms with Crippen LogP contribution in [0, 0.1) is 12.3 Å². The maximum Gasteiger partial charge on any atom is 0.0773 e. The number of hydrogen-bond donors (Lipinski definition) is 0. The van der Waals surface area contributed by atoms with Gasteiger partial charge in [-0.25, -0.2) is 0 Å². The van der Waals surface area contributed by atoms with Crippen LogP contribution in [0.4, 0.5) is 0 Å². The summed E-state index contributed by atoms with van der Waals surface area (Å²) in [6, 6.07) is 8.41. The molecule has 0 unspecified atom stereocenters. The molecule has 0 aliphatic heterocycles. The summed E-state index contributed by atoms with van der Waals surface area (Å²) in [6.45, 7) is 11.6. The van der Waals surface area contributed by atoms with Gasteiger partial charge in [-0.05, 0) is 52.3 Å². The fourth-order valence-electron chi connectivity index (χ4n) is 2.12. The van der Waals surface area contributed by atoms with Gasteiger partial charge < -0.3 is 0 Å². The van der Waals surface area contributed by atoms with Crippen molar-refractivity contribution in [1.29, 1.82) is 0 Å². The van der Waals surface area contributed by atoms with E-state index in [9.17, 15) is 0 Å². The molecule has 0 atom stereocenters. The van der Waals surface area contributed by atoms with Crippen LogP contribution in [0.2, 0.25) is 0 Å². The van der Waals surface area contributed by atoms with Crippen molar-refractivity contribution in [2.45, 2.75) is 52.2 Å². The van der Waals surface area contributed by atoms with Crippen LogP contribution in [-0.4, -0.2) is 16.0 Å². The van der Waals surface area contributed by atoms with Crippen LogP contribution in [0.1, 0.15) is 40.2 Å². The van der Waals surface area contributed by atoms with Crippen LogP contribution in [0.15, 0.2) is 28.7 Å². The second-order valence-electron chi connectivity index (χ2n) is 6.09. The average molecular weight is 308 g/mol. The largest absolute Gasteiger partial charge is 0.279 e. The highest BCUT2D eigenvalue weighted by atomic mass is 79.9. The van der Waals surface area contributed by atoms with Crippen LogP contribution in [0.5, 0.6) is 0 Å². The van der Waals surface area contributed by atoms with Gasteiger partial charge in [0, 0.05) is 16.6 Å². The third-order valence-electron chi connectivity index (χ3n) is 3.09. The Hall–Kier alpha value is -0.780. The highest BCUT2D eigenvalue weighted by Gasteiger charge is 2.33. The summed E-state index contributed by atoms with van der Waals surface area (Å²) in [4.78, 5) is 2.35. The minimum absolute atomic E-state index is 0.0307. The summed E-state index contributed by atoms with van der Waals surface area (Å²) in [5.74, 6) is 2.90. The molecule has 0 N–H and O–H groups in total. The average Bonchev–Trinajstić information content (AvgIpc) is 2.26. The molecule has 98 valence electrons. The molecule has 0 fully saturated rings. The van der Waals surface area contributed by atoms with Gasteiger partial charge in [0.2, 0.25) is 0 Å². The van der Waals surface area contributed by atoms with E-state index in [0.29, 0.717) is 0 Å². The summed E-state index contributed by atoms with van der Waals surface area (Å²) in [6.07, 6.45) is 5.68. The number of terminal acetylenes is 1. The number of halogens is 1.